The molecule has 1 fully saturated rings. The summed E-state index contributed by atoms with van der Waals surface area (Å²) < 4.78 is 0. The summed E-state index contributed by atoms with van der Waals surface area (Å²) in [4.78, 5) is 0. The number of hydrogen-bond donors (Lipinski definition) is 1. The van der Waals surface area contributed by atoms with Crippen LogP contribution in [0.2, 0.25) is 5.02 Å². The number of halogens is 1. The summed E-state index contributed by atoms with van der Waals surface area (Å²) in [6, 6.07) is 21.3. The number of rotatable bonds is 2. The summed E-state index contributed by atoms with van der Waals surface area (Å²) in [5, 5.41) is 94.4. The zero-order valence-corrected chi connectivity index (χ0v) is 39.5. The van der Waals surface area contributed by atoms with Gasteiger partial charge in [-0.25, -0.2) is 0 Å². The largest absolute Gasteiger partial charge is 0.301 e. The second kappa shape index (κ2) is 6.87. The molecule has 320 valence electrons. The molecule has 0 saturated carbocycles. The van der Waals surface area contributed by atoms with E-state index in [4.69, 9.17) is 16.9 Å². The molecule has 1 saturated heterocycles. The Hall–Kier alpha value is -8.85. The average Bonchev–Trinajstić information content (AvgIpc) is 1.94. The summed E-state index contributed by atoms with van der Waals surface area (Å²) in [7, 11) is 0. The van der Waals surface area contributed by atoms with Crippen LogP contribution >= 0.6 is 11.6 Å². The molecule has 30 aromatic rings. The normalized spacial score (nSPS) is 23.6. The first kappa shape index (κ1) is 29.3. The highest BCUT2D eigenvalue weighted by Crippen LogP contribution is 2.88. The van der Waals surface area contributed by atoms with Gasteiger partial charge in [0.05, 0.1) is 10.8 Å². The van der Waals surface area contributed by atoms with Crippen molar-refractivity contribution in [1.82, 2.24) is 5.32 Å². The predicted molar refractivity (Wildman–Crippen MR) is 320 cm³/mol. The van der Waals surface area contributed by atoms with E-state index < -0.39 is 10.8 Å². The van der Waals surface area contributed by atoms with Gasteiger partial charge in [0.1, 0.15) is 0 Å². The minimum absolute atomic E-state index is 0.00475. The Labute approximate surface area is 421 Å². The highest BCUT2D eigenvalue weighted by atomic mass is 35.5. The van der Waals surface area contributed by atoms with Gasteiger partial charge in [0.2, 0.25) is 0 Å². The molecular formula is C74H12ClN. The lowest BCUT2D eigenvalue weighted by molar-refractivity contribution is 0.334. The molecule has 0 aromatic heterocycles. The van der Waals surface area contributed by atoms with Gasteiger partial charge in [-0.3, -0.25) is 0 Å². The van der Waals surface area contributed by atoms with Crippen molar-refractivity contribution in [3.63, 3.8) is 0 Å². The van der Waals surface area contributed by atoms with Gasteiger partial charge in [0.25, 0.3) is 0 Å². The molecule has 30 aromatic carbocycles. The topological polar surface area (TPSA) is 12.0 Å². The van der Waals surface area contributed by atoms with Crippen LogP contribution in [0.1, 0.15) is 45.5 Å². The summed E-state index contributed by atoms with van der Waals surface area (Å²) in [6.07, 6.45) is 0. The summed E-state index contributed by atoms with van der Waals surface area (Å²) in [6.45, 7) is 0. The van der Waals surface area contributed by atoms with Crippen LogP contribution < -0.4 is 5.32 Å². The summed E-state index contributed by atoms with van der Waals surface area (Å²) >= 11 is 7.04. The van der Waals surface area contributed by atoms with Crippen molar-refractivity contribution in [3.05, 3.63) is 93.0 Å². The highest BCUT2D eigenvalue weighted by molar-refractivity contribution is 6.82. The van der Waals surface area contributed by atoms with Crippen LogP contribution in [-0.4, -0.2) is 0 Å². The third-order valence-electron chi connectivity index (χ3n) is 27.0. The number of nitrogens with one attached hydrogen (secondary N) is 1. The molecule has 0 bridgehead atoms. The second-order valence-electron chi connectivity index (χ2n) is 27.4. The van der Waals surface area contributed by atoms with E-state index >= 15 is 0 Å². The minimum atomic E-state index is -0.466. The smallest absolute Gasteiger partial charge is 0.0579 e. The Kier molecular flexibility index (Phi) is 2.65. The van der Waals surface area contributed by atoms with E-state index in [2.05, 4.69) is 54.6 Å². The molecule has 76 heavy (non-hydrogen) atoms. The van der Waals surface area contributed by atoms with Crippen molar-refractivity contribution in [3.8, 4) is 0 Å². The molecule has 35 rings (SSSR count). The van der Waals surface area contributed by atoms with Gasteiger partial charge in [-0.2, -0.15) is 0 Å². The molecule has 1 heterocycles. The van der Waals surface area contributed by atoms with Crippen LogP contribution in [0.5, 0.6) is 0 Å². The Morgan fingerprint density at radius 1 is 0.211 bits per heavy atom. The quantitative estimate of drug-likeness (QED) is 0.170. The van der Waals surface area contributed by atoms with E-state index in [1.165, 1.54) is 11.1 Å². The van der Waals surface area contributed by atoms with Crippen molar-refractivity contribution in [2.24, 2.45) is 0 Å². The molecule has 4 aliphatic carbocycles. The van der Waals surface area contributed by atoms with Gasteiger partial charge in [0.15, 0.2) is 0 Å². The maximum absolute atomic E-state index is 7.04. The maximum Gasteiger partial charge on any atom is 0.0579 e. The SMILES string of the molecule is Clc1ccc(C2NC(c3ccccc3)C34c5c6c7c8c9c%10c(c%11c%12c3c3c5c5c%13c6c6c7c7c9c9c%14c%10c%10c%11c%11c%12c%12c3c3c5c5c%13c%13c6c6c7c9c7c9c%14c%10c%10c%11c%11c%12c3c3c5c5c%13c6c7c6c9c%10c%11c3c56)C824)cc1. The molecular weight excluding hydrogens is 938 g/mol. The van der Waals surface area contributed by atoms with Crippen LogP contribution in [0, 0.1) is 0 Å². The first-order valence-electron chi connectivity index (χ1n) is 28.2. The van der Waals surface area contributed by atoms with Crippen LogP contribution in [0.25, 0.3) is 291 Å². The Balaban J connectivity index is 1.12. The van der Waals surface area contributed by atoms with Crippen molar-refractivity contribution in [2.75, 3.05) is 0 Å². The number of benzene rings is 20. The third-order valence-corrected chi connectivity index (χ3v) is 27.2. The van der Waals surface area contributed by atoms with Crippen molar-refractivity contribution in [1.29, 1.82) is 0 Å². The second-order valence-corrected chi connectivity index (χ2v) is 27.8. The van der Waals surface area contributed by atoms with Gasteiger partial charge in [-0.1, -0.05) is 54.1 Å². The molecule has 5 aliphatic rings. The lowest BCUT2D eigenvalue weighted by atomic mass is 9.45. The fraction of sp³-hybridized carbons (Fsp3) is 0.0541. The molecule has 2 atom stereocenters. The third kappa shape index (κ3) is 1.63. The molecule has 0 amide bonds. The summed E-state index contributed by atoms with van der Waals surface area (Å²) in [5.41, 5.74) is 8.70. The van der Waals surface area contributed by atoms with E-state index in [1.54, 1.807) is 313 Å². The van der Waals surface area contributed by atoms with Crippen LogP contribution in [0.3, 0.4) is 0 Å². The van der Waals surface area contributed by atoms with Gasteiger partial charge in [0, 0.05) is 17.1 Å². The number of hydrogen-bond acceptors (Lipinski definition) is 1. The minimum Gasteiger partial charge on any atom is -0.301 e. The standard InChI is InChI=1S/C74H12ClN/c75-12-8-6-11(7-9-12)72-74-69-61-53-43-33-25-17-14-13-15-19-21(17)29-35-27(19)37-31-23(15)24-16(13)20-22-18(14)26(25)34-40-30(22)36-28(20)38-32(24)42-41(31)51-45(37)55-49(35)57(47(53)39(29)33)65(69)63(55)67-59(51)60-52(42)46(38)56-50(36)58-48(40)54(44(34)43)62(61)70(74)66(58)64(56)68(60)73(67,74)71(76-72)10-4-2-1-3-5-10/h1-9,71-72,76H. The lowest BCUT2D eigenvalue weighted by Crippen LogP contribution is -2.52. The van der Waals surface area contributed by atoms with Crippen molar-refractivity contribution in [2.45, 2.75) is 22.9 Å². The zero-order valence-electron chi connectivity index (χ0n) is 38.7. The van der Waals surface area contributed by atoms with Crippen LogP contribution in [0.15, 0.2) is 54.6 Å². The Morgan fingerprint density at radius 2 is 0.382 bits per heavy atom. The predicted octanol–water partition coefficient (Wildman–Crippen LogP) is 20.0. The highest BCUT2D eigenvalue weighted by Gasteiger charge is 2.77. The van der Waals surface area contributed by atoms with Gasteiger partial charge in [-0.15, -0.1) is 0 Å². The molecule has 2 unspecified atom stereocenters. The Morgan fingerprint density at radius 3 is 0.579 bits per heavy atom. The molecule has 2 spiro atoms. The first-order chi connectivity index (χ1) is 37.8. The monoisotopic (exact) mass is 949 g/mol. The van der Waals surface area contributed by atoms with Crippen molar-refractivity contribution < 1.29 is 0 Å². The van der Waals surface area contributed by atoms with E-state index in [0.29, 0.717) is 0 Å². The Bertz CT molecular complexity index is 7590. The molecule has 2 heteroatoms. The van der Waals surface area contributed by atoms with Crippen molar-refractivity contribution >= 4 is 302 Å². The molecule has 0 radical (unpaired) electrons. The zero-order chi connectivity index (χ0) is 45.4. The molecule has 1 N–H and O–H groups in total. The molecule has 1 nitrogen and oxygen atoms in total. The maximum atomic E-state index is 7.04. The van der Waals surface area contributed by atoms with Gasteiger partial charge < -0.3 is 5.32 Å². The summed E-state index contributed by atoms with van der Waals surface area (Å²) in [5.74, 6) is 0. The average molecular weight is 950 g/mol. The lowest BCUT2D eigenvalue weighted by Gasteiger charge is -2.53. The van der Waals surface area contributed by atoms with E-state index in [-0.39, 0.29) is 12.1 Å². The molecule has 1 aliphatic heterocycles. The fourth-order valence-corrected chi connectivity index (χ4v) is 26.9. The van der Waals surface area contributed by atoms with Gasteiger partial charge >= 0.3 is 0 Å². The van der Waals surface area contributed by atoms with E-state index in [1.807, 2.05) is 0 Å². The van der Waals surface area contributed by atoms with E-state index in [0.717, 1.165) is 5.02 Å². The van der Waals surface area contributed by atoms with E-state index in [9.17, 15) is 0 Å². The fourth-order valence-electron chi connectivity index (χ4n) is 26.8. The van der Waals surface area contributed by atoms with Gasteiger partial charge in [-0.05, 0) is 336 Å². The van der Waals surface area contributed by atoms with Crippen LogP contribution in [0.4, 0.5) is 0 Å². The first-order valence-corrected chi connectivity index (χ1v) is 28.5. The van der Waals surface area contributed by atoms with Crippen LogP contribution in [-0.2, 0) is 10.8 Å².